The summed E-state index contributed by atoms with van der Waals surface area (Å²) in [5, 5.41) is 2.18. The van der Waals surface area contributed by atoms with Crippen LogP contribution in [0.25, 0.3) is 0 Å². The molecule has 1 unspecified atom stereocenters. The highest BCUT2D eigenvalue weighted by atomic mass is 32.2. The molecule has 1 fully saturated rings. The van der Waals surface area contributed by atoms with Gasteiger partial charge >= 0.3 is 0 Å². The highest BCUT2D eigenvalue weighted by Crippen LogP contribution is 2.42. The lowest BCUT2D eigenvalue weighted by atomic mass is 10.1. The van der Waals surface area contributed by atoms with E-state index in [1.54, 1.807) is 25.6 Å². The van der Waals surface area contributed by atoms with E-state index in [1.165, 1.54) is 10.4 Å². The highest BCUT2D eigenvalue weighted by molar-refractivity contribution is 7.99. The predicted octanol–water partition coefficient (Wildman–Crippen LogP) is 4.24. The monoisotopic (exact) mass is 363 g/mol. The number of hydrogen-bond donors (Lipinski definition) is 0. The Labute approximate surface area is 150 Å². The highest BCUT2D eigenvalue weighted by Gasteiger charge is 2.31. The third-order valence-corrected chi connectivity index (χ3v) is 6.55. The zero-order valence-corrected chi connectivity index (χ0v) is 15.7. The van der Waals surface area contributed by atoms with E-state index in [9.17, 15) is 4.79 Å². The standard InChI is InChI=1S/C18H21NO3S2/c1-12-4-6-23-17(12)18-19(16(20)5-7-24-18)11-13-8-14(21-2)10-15(9-13)22-3/h4,6,8-10,18H,5,7,11H2,1-3H3. The molecule has 3 rings (SSSR count). The van der Waals surface area contributed by atoms with Crippen LogP contribution in [0.1, 0.15) is 27.8 Å². The summed E-state index contributed by atoms with van der Waals surface area (Å²) in [4.78, 5) is 15.8. The number of methoxy groups -OCH3 is 2. The molecule has 0 saturated carbocycles. The predicted molar refractivity (Wildman–Crippen MR) is 99.0 cm³/mol. The Morgan fingerprint density at radius 3 is 2.50 bits per heavy atom. The van der Waals surface area contributed by atoms with Crippen LogP contribution in [0.2, 0.25) is 0 Å². The van der Waals surface area contributed by atoms with Crippen LogP contribution in [0.3, 0.4) is 0 Å². The zero-order valence-electron chi connectivity index (χ0n) is 14.1. The van der Waals surface area contributed by atoms with Crippen molar-refractivity contribution in [2.75, 3.05) is 20.0 Å². The topological polar surface area (TPSA) is 38.8 Å². The van der Waals surface area contributed by atoms with Gasteiger partial charge in [-0.2, -0.15) is 0 Å². The van der Waals surface area contributed by atoms with Gasteiger partial charge < -0.3 is 14.4 Å². The molecule has 0 radical (unpaired) electrons. The minimum atomic E-state index is 0.0865. The fourth-order valence-electron chi connectivity index (χ4n) is 2.80. The molecular weight excluding hydrogens is 342 g/mol. The van der Waals surface area contributed by atoms with Gasteiger partial charge in [-0.25, -0.2) is 0 Å². The molecule has 0 N–H and O–H groups in total. The Bertz CT molecular complexity index is 707. The number of carbonyl (C=O) groups is 1. The van der Waals surface area contributed by atoms with Gasteiger partial charge in [0, 0.05) is 29.7 Å². The number of amides is 1. The van der Waals surface area contributed by atoms with Crippen LogP contribution in [0.15, 0.2) is 29.6 Å². The van der Waals surface area contributed by atoms with Crippen molar-refractivity contribution in [3.8, 4) is 11.5 Å². The molecule has 1 aromatic heterocycles. The smallest absolute Gasteiger partial charge is 0.224 e. The Morgan fingerprint density at radius 2 is 1.92 bits per heavy atom. The summed E-state index contributed by atoms with van der Waals surface area (Å²) < 4.78 is 10.7. The molecular formula is C18H21NO3S2. The largest absolute Gasteiger partial charge is 0.497 e. The molecule has 128 valence electrons. The second-order valence-electron chi connectivity index (χ2n) is 5.68. The number of hydrogen-bond acceptors (Lipinski definition) is 5. The first-order chi connectivity index (χ1) is 11.6. The molecule has 0 bridgehead atoms. The van der Waals surface area contributed by atoms with Crippen molar-refractivity contribution in [3.63, 3.8) is 0 Å². The molecule has 0 spiro atoms. The SMILES string of the molecule is COc1cc(CN2C(=O)CCSC2c2sccc2C)cc(OC)c1. The lowest BCUT2D eigenvalue weighted by Crippen LogP contribution is -2.36. The minimum Gasteiger partial charge on any atom is -0.497 e. The minimum absolute atomic E-state index is 0.0865. The van der Waals surface area contributed by atoms with Crippen molar-refractivity contribution >= 4 is 29.0 Å². The van der Waals surface area contributed by atoms with Gasteiger partial charge in [0.15, 0.2) is 0 Å². The zero-order chi connectivity index (χ0) is 17.1. The van der Waals surface area contributed by atoms with E-state index in [1.807, 2.05) is 34.9 Å². The first-order valence-corrected chi connectivity index (χ1v) is 9.72. The van der Waals surface area contributed by atoms with Gasteiger partial charge in [0.1, 0.15) is 16.9 Å². The number of thioether (sulfide) groups is 1. The van der Waals surface area contributed by atoms with Gasteiger partial charge in [0.2, 0.25) is 5.91 Å². The molecule has 2 aromatic rings. The van der Waals surface area contributed by atoms with Crippen LogP contribution in [0.4, 0.5) is 0 Å². The second kappa shape index (κ2) is 7.49. The first kappa shape index (κ1) is 17.2. The third-order valence-electron chi connectivity index (χ3n) is 4.09. The Kier molecular flexibility index (Phi) is 5.36. The van der Waals surface area contributed by atoms with Gasteiger partial charge in [-0.1, -0.05) is 0 Å². The number of carbonyl (C=O) groups excluding carboxylic acids is 1. The quantitative estimate of drug-likeness (QED) is 0.796. The van der Waals surface area contributed by atoms with Crippen molar-refractivity contribution in [1.82, 2.24) is 4.90 Å². The maximum atomic E-state index is 12.6. The molecule has 6 heteroatoms. The Hall–Kier alpha value is -1.66. The van der Waals surface area contributed by atoms with Crippen LogP contribution >= 0.6 is 23.1 Å². The van der Waals surface area contributed by atoms with E-state index >= 15 is 0 Å². The van der Waals surface area contributed by atoms with Crippen molar-refractivity contribution in [2.45, 2.75) is 25.3 Å². The number of nitrogens with zero attached hydrogens (tertiary/aromatic N) is 1. The van der Waals surface area contributed by atoms with Gasteiger partial charge in [0.25, 0.3) is 0 Å². The molecule has 24 heavy (non-hydrogen) atoms. The van der Waals surface area contributed by atoms with Gasteiger partial charge in [-0.15, -0.1) is 23.1 Å². The van der Waals surface area contributed by atoms with Crippen LogP contribution in [0.5, 0.6) is 11.5 Å². The van der Waals surface area contributed by atoms with Crippen molar-refractivity contribution in [3.05, 3.63) is 45.6 Å². The van der Waals surface area contributed by atoms with E-state index in [2.05, 4.69) is 18.4 Å². The third kappa shape index (κ3) is 3.54. The number of thiophene rings is 1. The lowest BCUT2D eigenvalue weighted by Gasteiger charge is -2.35. The number of benzene rings is 1. The van der Waals surface area contributed by atoms with E-state index in [0.717, 1.165) is 22.8 Å². The van der Waals surface area contributed by atoms with E-state index in [-0.39, 0.29) is 11.3 Å². The van der Waals surface area contributed by atoms with Gasteiger partial charge in [-0.3, -0.25) is 4.79 Å². The molecule has 1 aromatic carbocycles. The van der Waals surface area contributed by atoms with Crippen LogP contribution in [0, 0.1) is 6.92 Å². The summed E-state index contributed by atoms with van der Waals surface area (Å²) in [5.74, 6) is 2.56. The van der Waals surface area contributed by atoms with E-state index in [4.69, 9.17) is 9.47 Å². The first-order valence-electron chi connectivity index (χ1n) is 7.79. The van der Waals surface area contributed by atoms with E-state index < -0.39 is 0 Å². The van der Waals surface area contributed by atoms with E-state index in [0.29, 0.717) is 13.0 Å². The Morgan fingerprint density at radius 1 is 1.21 bits per heavy atom. The second-order valence-corrected chi connectivity index (χ2v) is 7.82. The molecule has 1 aliphatic rings. The summed E-state index contributed by atoms with van der Waals surface area (Å²) in [6, 6.07) is 7.89. The Balaban J connectivity index is 1.90. The summed E-state index contributed by atoms with van der Waals surface area (Å²) in [6.07, 6.45) is 0.590. The average molecular weight is 364 g/mol. The summed E-state index contributed by atoms with van der Waals surface area (Å²) in [5.41, 5.74) is 2.27. The van der Waals surface area contributed by atoms with Crippen molar-refractivity contribution < 1.29 is 14.3 Å². The lowest BCUT2D eigenvalue weighted by molar-refractivity contribution is -0.132. The maximum Gasteiger partial charge on any atom is 0.224 e. The number of ether oxygens (including phenoxy) is 2. The van der Waals surface area contributed by atoms with Crippen LogP contribution in [-0.4, -0.2) is 30.8 Å². The summed E-state index contributed by atoms with van der Waals surface area (Å²) >= 11 is 3.56. The molecule has 1 aliphatic heterocycles. The molecule has 1 atom stereocenters. The normalized spacial score (nSPS) is 17.9. The molecule has 4 nitrogen and oxygen atoms in total. The van der Waals surface area contributed by atoms with Gasteiger partial charge in [0.05, 0.1) is 14.2 Å². The number of aryl methyl sites for hydroxylation is 1. The maximum absolute atomic E-state index is 12.6. The summed E-state index contributed by atoms with van der Waals surface area (Å²) in [6.45, 7) is 2.67. The van der Waals surface area contributed by atoms with Crippen molar-refractivity contribution in [1.29, 1.82) is 0 Å². The molecule has 1 saturated heterocycles. The molecule has 2 heterocycles. The van der Waals surface area contributed by atoms with Gasteiger partial charge in [-0.05, 0) is 41.6 Å². The fraction of sp³-hybridized carbons (Fsp3) is 0.389. The molecule has 0 aliphatic carbocycles. The fourth-order valence-corrected chi connectivity index (χ4v) is 5.31. The summed E-state index contributed by atoms with van der Waals surface area (Å²) in [7, 11) is 3.27. The van der Waals surface area contributed by atoms with Crippen molar-refractivity contribution in [2.24, 2.45) is 0 Å². The molecule has 1 amide bonds. The average Bonchev–Trinajstić information content (AvgIpc) is 3.02. The van der Waals surface area contributed by atoms with Crippen LogP contribution < -0.4 is 9.47 Å². The number of rotatable bonds is 5. The van der Waals surface area contributed by atoms with Crippen LogP contribution in [-0.2, 0) is 11.3 Å².